The minimum atomic E-state index is -0.822. The van der Waals surface area contributed by atoms with Crippen molar-refractivity contribution in [2.45, 2.75) is 6.42 Å². The Balaban J connectivity index is 1.86. The number of anilines is 1. The molecule has 118 valence electrons. The van der Waals surface area contributed by atoms with E-state index in [0.29, 0.717) is 19.7 Å². The molecule has 1 N–H and O–H groups in total. The predicted molar refractivity (Wildman–Crippen MR) is 85.1 cm³/mol. The molecule has 22 heavy (non-hydrogen) atoms. The number of carboxylic acid groups (broad SMARTS) is 1. The maximum atomic E-state index is 10.7. The van der Waals surface area contributed by atoms with Gasteiger partial charge >= 0.3 is 5.97 Å². The third-order valence-electron chi connectivity index (χ3n) is 2.97. The first-order chi connectivity index (χ1) is 10.7. The number of carbonyl (C=O) groups is 1. The quantitative estimate of drug-likeness (QED) is 0.765. The summed E-state index contributed by atoms with van der Waals surface area (Å²) in [6, 6.07) is 7.34. The Morgan fingerprint density at radius 3 is 2.59 bits per heavy atom. The van der Waals surface area contributed by atoms with Crippen molar-refractivity contribution in [3.05, 3.63) is 35.8 Å². The summed E-state index contributed by atoms with van der Waals surface area (Å²) in [5.74, 6) is 0.703. The first-order valence-electron chi connectivity index (χ1n) is 6.82. The Labute approximate surface area is 132 Å². The molecule has 0 fully saturated rings. The fourth-order valence-electron chi connectivity index (χ4n) is 1.85. The number of aliphatic carboxylic acids is 1. The Morgan fingerprint density at radius 1 is 1.27 bits per heavy atom. The molecule has 0 aliphatic rings. The highest BCUT2D eigenvalue weighted by molar-refractivity contribution is 7.13. The lowest BCUT2D eigenvalue weighted by molar-refractivity contribution is -0.136. The van der Waals surface area contributed by atoms with Crippen LogP contribution in [-0.2, 0) is 4.79 Å². The van der Waals surface area contributed by atoms with Crippen LogP contribution in [0.3, 0.4) is 0 Å². The van der Waals surface area contributed by atoms with Gasteiger partial charge < -0.3 is 19.5 Å². The van der Waals surface area contributed by atoms with Gasteiger partial charge in [-0.2, -0.15) is 0 Å². The first kappa shape index (κ1) is 16.1. The lowest BCUT2D eigenvalue weighted by Crippen LogP contribution is -2.30. The molecule has 0 bridgehead atoms. The van der Waals surface area contributed by atoms with Crippen molar-refractivity contribution in [1.82, 2.24) is 4.98 Å². The summed E-state index contributed by atoms with van der Waals surface area (Å²) in [6.07, 6.45) is 1.78. The number of benzene rings is 1. The number of carboxylic acids is 1. The van der Waals surface area contributed by atoms with Gasteiger partial charge in [-0.15, -0.1) is 11.3 Å². The van der Waals surface area contributed by atoms with E-state index in [-0.39, 0.29) is 6.42 Å². The van der Waals surface area contributed by atoms with Crippen molar-refractivity contribution in [1.29, 1.82) is 0 Å². The minimum Gasteiger partial charge on any atom is -0.497 e. The molecular formula is C15H18N2O4S. The number of ether oxygens (including phenoxy) is 2. The summed E-state index contributed by atoms with van der Waals surface area (Å²) in [7, 11) is 1.62. The van der Waals surface area contributed by atoms with E-state index in [4.69, 9.17) is 14.6 Å². The molecule has 1 heterocycles. The largest absolute Gasteiger partial charge is 0.497 e. The van der Waals surface area contributed by atoms with Crippen LogP contribution in [0.1, 0.15) is 6.42 Å². The molecule has 0 saturated heterocycles. The lowest BCUT2D eigenvalue weighted by Gasteiger charge is -2.21. The summed E-state index contributed by atoms with van der Waals surface area (Å²) in [5, 5.41) is 11.5. The van der Waals surface area contributed by atoms with Gasteiger partial charge in [-0.3, -0.25) is 4.79 Å². The van der Waals surface area contributed by atoms with E-state index >= 15 is 0 Å². The fraction of sp³-hybridized carbons (Fsp3) is 0.333. The van der Waals surface area contributed by atoms with Gasteiger partial charge in [0.05, 0.1) is 20.1 Å². The normalized spacial score (nSPS) is 10.2. The molecule has 0 aliphatic heterocycles. The number of hydrogen-bond donors (Lipinski definition) is 1. The summed E-state index contributed by atoms with van der Waals surface area (Å²) >= 11 is 1.48. The molecule has 0 amide bonds. The van der Waals surface area contributed by atoms with Crippen molar-refractivity contribution >= 4 is 22.4 Å². The number of hydrogen-bond acceptors (Lipinski definition) is 6. The van der Waals surface area contributed by atoms with Crippen molar-refractivity contribution in [2.75, 3.05) is 31.7 Å². The molecule has 0 aliphatic carbocycles. The van der Waals surface area contributed by atoms with E-state index in [0.717, 1.165) is 16.6 Å². The van der Waals surface area contributed by atoms with Crippen LogP contribution >= 0.6 is 11.3 Å². The molecule has 0 spiro atoms. The Bertz CT molecular complexity index is 572. The van der Waals surface area contributed by atoms with Gasteiger partial charge in [0.1, 0.15) is 18.1 Å². The summed E-state index contributed by atoms with van der Waals surface area (Å²) in [5.41, 5.74) is 0. The van der Waals surface area contributed by atoms with E-state index in [1.807, 2.05) is 34.5 Å². The molecule has 0 unspecified atom stereocenters. The van der Waals surface area contributed by atoms with Gasteiger partial charge in [0, 0.05) is 18.1 Å². The maximum absolute atomic E-state index is 10.7. The highest BCUT2D eigenvalue weighted by atomic mass is 32.1. The standard InChI is InChI=1S/C15H18N2O4S/c1-20-12-2-4-13(5-3-12)21-10-9-17(8-6-14(18)19)15-16-7-11-22-15/h2-5,7,11H,6,8-10H2,1H3,(H,18,19). The van der Waals surface area contributed by atoms with Gasteiger partial charge in [-0.25, -0.2) is 4.98 Å². The van der Waals surface area contributed by atoms with Gasteiger partial charge in [0.15, 0.2) is 5.13 Å². The molecule has 0 saturated carbocycles. The smallest absolute Gasteiger partial charge is 0.305 e. The van der Waals surface area contributed by atoms with Crippen LogP contribution in [0.5, 0.6) is 11.5 Å². The maximum Gasteiger partial charge on any atom is 0.305 e. The zero-order chi connectivity index (χ0) is 15.8. The highest BCUT2D eigenvalue weighted by Gasteiger charge is 2.11. The molecule has 6 nitrogen and oxygen atoms in total. The average Bonchev–Trinajstić information content (AvgIpc) is 3.05. The summed E-state index contributed by atoms with van der Waals surface area (Å²) in [6.45, 7) is 1.44. The zero-order valence-electron chi connectivity index (χ0n) is 12.3. The van der Waals surface area contributed by atoms with E-state index < -0.39 is 5.97 Å². The number of thiazole rings is 1. The topological polar surface area (TPSA) is 71.9 Å². The van der Waals surface area contributed by atoms with Gasteiger partial charge in [0.2, 0.25) is 0 Å². The van der Waals surface area contributed by atoms with Crippen LogP contribution in [-0.4, -0.2) is 42.9 Å². The van der Waals surface area contributed by atoms with Crippen LogP contribution in [0.4, 0.5) is 5.13 Å². The molecule has 7 heteroatoms. The van der Waals surface area contributed by atoms with Crippen LogP contribution in [0.25, 0.3) is 0 Å². The fourth-order valence-corrected chi connectivity index (χ4v) is 2.55. The van der Waals surface area contributed by atoms with Crippen LogP contribution in [0.2, 0.25) is 0 Å². The van der Waals surface area contributed by atoms with Crippen LogP contribution < -0.4 is 14.4 Å². The van der Waals surface area contributed by atoms with Gasteiger partial charge in [0.25, 0.3) is 0 Å². The van der Waals surface area contributed by atoms with Gasteiger partial charge in [-0.05, 0) is 24.3 Å². The second kappa shape index (κ2) is 8.23. The molecule has 1 aromatic carbocycles. The Hall–Kier alpha value is -2.28. The van der Waals surface area contributed by atoms with Crippen molar-refractivity contribution in [2.24, 2.45) is 0 Å². The summed E-state index contributed by atoms with van der Waals surface area (Å²) in [4.78, 5) is 16.9. The number of rotatable bonds is 9. The molecular weight excluding hydrogens is 304 g/mol. The Morgan fingerprint density at radius 2 is 2.00 bits per heavy atom. The molecule has 0 atom stereocenters. The van der Waals surface area contributed by atoms with E-state index in [1.165, 1.54) is 11.3 Å². The number of methoxy groups -OCH3 is 1. The van der Waals surface area contributed by atoms with E-state index in [9.17, 15) is 4.79 Å². The Kier molecular flexibility index (Phi) is 6.02. The molecule has 2 aromatic rings. The average molecular weight is 322 g/mol. The van der Waals surface area contributed by atoms with Crippen molar-refractivity contribution in [3.63, 3.8) is 0 Å². The van der Waals surface area contributed by atoms with Crippen LogP contribution in [0, 0.1) is 0 Å². The van der Waals surface area contributed by atoms with Crippen LogP contribution in [0.15, 0.2) is 35.8 Å². The molecule has 2 rings (SSSR count). The van der Waals surface area contributed by atoms with Crippen molar-refractivity contribution in [3.8, 4) is 11.5 Å². The van der Waals surface area contributed by atoms with Crippen molar-refractivity contribution < 1.29 is 19.4 Å². The third kappa shape index (κ3) is 4.92. The predicted octanol–water partition coefficient (Wildman–Crippen LogP) is 2.51. The molecule has 1 aromatic heterocycles. The summed E-state index contributed by atoms with van der Waals surface area (Å²) < 4.78 is 10.8. The zero-order valence-corrected chi connectivity index (χ0v) is 13.1. The third-order valence-corrected chi connectivity index (χ3v) is 3.81. The number of aromatic nitrogens is 1. The monoisotopic (exact) mass is 322 g/mol. The number of nitrogens with zero attached hydrogens (tertiary/aromatic N) is 2. The second-order valence-electron chi connectivity index (χ2n) is 4.47. The highest BCUT2D eigenvalue weighted by Crippen LogP contribution is 2.19. The molecule has 0 radical (unpaired) electrons. The lowest BCUT2D eigenvalue weighted by atomic mass is 10.3. The SMILES string of the molecule is COc1ccc(OCCN(CCC(=O)O)c2nccs2)cc1. The van der Waals surface area contributed by atoms with E-state index in [2.05, 4.69) is 4.98 Å². The second-order valence-corrected chi connectivity index (χ2v) is 5.34. The first-order valence-corrected chi connectivity index (χ1v) is 7.70. The van der Waals surface area contributed by atoms with E-state index in [1.54, 1.807) is 13.3 Å². The minimum absolute atomic E-state index is 0.0715. The van der Waals surface area contributed by atoms with Gasteiger partial charge in [-0.1, -0.05) is 0 Å².